The largest absolute Gasteiger partial charge is 0.393 e. The van der Waals surface area contributed by atoms with Crippen molar-refractivity contribution in [1.82, 2.24) is 10.2 Å². The summed E-state index contributed by atoms with van der Waals surface area (Å²) in [5.41, 5.74) is 0. The van der Waals surface area contributed by atoms with Crippen LogP contribution in [0.3, 0.4) is 0 Å². The van der Waals surface area contributed by atoms with E-state index in [4.69, 9.17) is 0 Å². The molecule has 2 atom stereocenters. The maximum atomic E-state index is 11.7. The van der Waals surface area contributed by atoms with Crippen molar-refractivity contribution in [2.24, 2.45) is 11.8 Å². The van der Waals surface area contributed by atoms with Crippen LogP contribution in [0.4, 0.5) is 0 Å². The smallest absolute Gasteiger partial charge is 0.234 e. The first-order valence-corrected chi connectivity index (χ1v) is 6.82. The second-order valence-electron chi connectivity index (χ2n) is 5.63. The lowest BCUT2D eigenvalue weighted by Crippen LogP contribution is -2.39. The summed E-state index contributed by atoms with van der Waals surface area (Å²) in [5, 5.41) is 12.5. The van der Waals surface area contributed by atoms with E-state index in [1.807, 2.05) is 6.92 Å². The molecule has 1 heterocycles. The van der Waals surface area contributed by atoms with E-state index >= 15 is 0 Å². The molecule has 1 aliphatic heterocycles. The molecule has 2 aliphatic rings. The number of aliphatic hydroxyl groups excluding tert-OH is 1. The average molecular weight is 240 g/mol. The lowest BCUT2D eigenvalue weighted by atomic mass is 9.85. The first-order chi connectivity index (χ1) is 8.15. The third-order valence-corrected chi connectivity index (χ3v) is 4.17. The highest BCUT2D eigenvalue weighted by atomic mass is 16.3. The monoisotopic (exact) mass is 240 g/mol. The minimum atomic E-state index is -0.252. The molecule has 1 aliphatic carbocycles. The zero-order chi connectivity index (χ0) is 12.3. The minimum absolute atomic E-state index is 0.142. The van der Waals surface area contributed by atoms with E-state index in [0.29, 0.717) is 12.5 Å². The maximum Gasteiger partial charge on any atom is 0.234 e. The summed E-state index contributed by atoms with van der Waals surface area (Å²) in [6, 6.07) is 0. The fourth-order valence-electron chi connectivity index (χ4n) is 2.61. The van der Waals surface area contributed by atoms with Crippen molar-refractivity contribution in [2.75, 3.05) is 26.2 Å². The van der Waals surface area contributed by atoms with Gasteiger partial charge in [0.2, 0.25) is 5.91 Å². The Hall–Kier alpha value is -0.610. The van der Waals surface area contributed by atoms with Gasteiger partial charge in [-0.05, 0) is 44.6 Å². The Morgan fingerprint density at radius 1 is 1.47 bits per heavy atom. The maximum absolute atomic E-state index is 11.7. The van der Waals surface area contributed by atoms with E-state index in [0.717, 1.165) is 32.0 Å². The van der Waals surface area contributed by atoms with Crippen LogP contribution in [0, 0.1) is 11.8 Å². The van der Waals surface area contributed by atoms with E-state index in [-0.39, 0.29) is 12.0 Å². The molecule has 4 heteroatoms. The van der Waals surface area contributed by atoms with Crippen molar-refractivity contribution in [2.45, 2.75) is 38.7 Å². The number of likely N-dealkylation sites (tertiary alicyclic amines) is 1. The van der Waals surface area contributed by atoms with Crippen LogP contribution in [-0.2, 0) is 4.79 Å². The molecule has 1 amide bonds. The van der Waals surface area contributed by atoms with Gasteiger partial charge in [-0.1, -0.05) is 6.42 Å². The predicted octanol–water partition coefficient (Wildman–Crippen LogP) is 0.605. The first-order valence-electron chi connectivity index (χ1n) is 6.82. The van der Waals surface area contributed by atoms with E-state index < -0.39 is 0 Å². The van der Waals surface area contributed by atoms with Crippen LogP contribution in [0.5, 0.6) is 0 Å². The van der Waals surface area contributed by atoms with Crippen molar-refractivity contribution in [3.8, 4) is 0 Å². The zero-order valence-corrected chi connectivity index (χ0v) is 10.7. The van der Waals surface area contributed by atoms with Gasteiger partial charge in [0.25, 0.3) is 0 Å². The van der Waals surface area contributed by atoms with Gasteiger partial charge in [0.15, 0.2) is 0 Å². The lowest BCUT2D eigenvalue weighted by Gasteiger charge is -2.26. The van der Waals surface area contributed by atoms with Gasteiger partial charge >= 0.3 is 0 Å². The zero-order valence-electron chi connectivity index (χ0n) is 10.7. The molecule has 0 radical (unpaired) electrons. The predicted molar refractivity (Wildman–Crippen MR) is 66.6 cm³/mol. The minimum Gasteiger partial charge on any atom is -0.393 e. The number of nitrogens with one attached hydrogen (secondary N) is 1. The Morgan fingerprint density at radius 2 is 2.24 bits per heavy atom. The SMILES string of the molecule is CC(O)C1CCN(CC(=O)NCC2CCC2)C1. The normalized spacial score (nSPS) is 27.8. The molecule has 0 aromatic rings. The quantitative estimate of drug-likeness (QED) is 0.740. The number of hydrogen-bond acceptors (Lipinski definition) is 3. The molecule has 1 saturated carbocycles. The molecule has 2 unspecified atom stereocenters. The van der Waals surface area contributed by atoms with Crippen molar-refractivity contribution in [3.05, 3.63) is 0 Å². The Balaban J connectivity index is 1.61. The molecule has 0 spiro atoms. The van der Waals surface area contributed by atoms with Gasteiger partial charge in [0.1, 0.15) is 0 Å². The van der Waals surface area contributed by atoms with E-state index in [1.165, 1.54) is 19.3 Å². The molecule has 2 rings (SSSR count). The van der Waals surface area contributed by atoms with E-state index in [2.05, 4.69) is 10.2 Å². The van der Waals surface area contributed by atoms with Crippen molar-refractivity contribution >= 4 is 5.91 Å². The molecule has 2 fully saturated rings. The molecule has 0 bridgehead atoms. The van der Waals surface area contributed by atoms with Gasteiger partial charge in [-0.2, -0.15) is 0 Å². The van der Waals surface area contributed by atoms with E-state index in [1.54, 1.807) is 0 Å². The number of rotatable bonds is 5. The Morgan fingerprint density at radius 3 is 2.76 bits per heavy atom. The molecule has 0 aromatic heterocycles. The third-order valence-electron chi connectivity index (χ3n) is 4.17. The van der Waals surface area contributed by atoms with Crippen molar-refractivity contribution < 1.29 is 9.90 Å². The van der Waals surface area contributed by atoms with Crippen LogP contribution in [0.25, 0.3) is 0 Å². The second kappa shape index (κ2) is 5.83. The topological polar surface area (TPSA) is 52.6 Å². The average Bonchev–Trinajstić information content (AvgIpc) is 2.63. The van der Waals surface area contributed by atoms with Crippen LogP contribution in [-0.4, -0.2) is 48.2 Å². The third kappa shape index (κ3) is 3.68. The lowest BCUT2D eigenvalue weighted by molar-refractivity contribution is -0.122. The van der Waals surface area contributed by atoms with Crippen LogP contribution in [0.2, 0.25) is 0 Å². The Bertz CT molecular complexity index is 264. The summed E-state index contributed by atoms with van der Waals surface area (Å²) in [5.74, 6) is 1.21. The molecule has 1 saturated heterocycles. The highest BCUT2D eigenvalue weighted by molar-refractivity contribution is 5.78. The summed E-state index contributed by atoms with van der Waals surface area (Å²) in [4.78, 5) is 13.9. The first kappa shape index (κ1) is 12.8. The fourth-order valence-corrected chi connectivity index (χ4v) is 2.61. The van der Waals surface area contributed by atoms with Gasteiger partial charge in [0, 0.05) is 13.1 Å². The standard InChI is InChI=1S/C13H24N2O2/c1-10(16)12-5-6-15(8-12)9-13(17)14-7-11-3-2-4-11/h10-12,16H,2-9H2,1H3,(H,14,17). The summed E-state index contributed by atoms with van der Waals surface area (Å²) in [6.45, 7) is 4.98. The molecule has 17 heavy (non-hydrogen) atoms. The molecular weight excluding hydrogens is 216 g/mol. The highest BCUT2D eigenvalue weighted by Gasteiger charge is 2.27. The van der Waals surface area contributed by atoms with Gasteiger partial charge in [-0.25, -0.2) is 0 Å². The summed E-state index contributed by atoms with van der Waals surface area (Å²) >= 11 is 0. The van der Waals surface area contributed by atoms with Crippen molar-refractivity contribution in [1.29, 1.82) is 0 Å². The van der Waals surface area contributed by atoms with Gasteiger partial charge in [0.05, 0.1) is 12.6 Å². The van der Waals surface area contributed by atoms with Crippen LogP contribution in [0.15, 0.2) is 0 Å². The molecule has 4 nitrogen and oxygen atoms in total. The van der Waals surface area contributed by atoms with Crippen LogP contribution < -0.4 is 5.32 Å². The molecule has 2 N–H and O–H groups in total. The number of carbonyl (C=O) groups is 1. The van der Waals surface area contributed by atoms with Gasteiger partial charge in [-0.15, -0.1) is 0 Å². The molecule has 0 aromatic carbocycles. The van der Waals surface area contributed by atoms with E-state index in [9.17, 15) is 9.90 Å². The number of aliphatic hydroxyl groups is 1. The molecular formula is C13H24N2O2. The van der Waals surface area contributed by atoms with Crippen LogP contribution >= 0.6 is 0 Å². The summed E-state index contributed by atoms with van der Waals surface area (Å²) in [7, 11) is 0. The Kier molecular flexibility index (Phi) is 4.40. The number of amides is 1. The fraction of sp³-hybridized carbons (Fsp3) is 0.923. The Labute approximate surface area is 103 Å². The summed E-state index contributed by atoms with van der Waals surface area (Å²) in [6.07, 6.45) is 4.62. The number of hydrogen-bond donors (Lipinski definition) is 2. The second-order valence-corrected chi connectivity index (χ2v) is 5.63. The van der Waals surface area contributed by atoms with Crippen LogP contribution in [0.1, 0.15) is 32.6 Å². The summed E-state index contributed by atoms with van der Waals surface area (Å²) < 4.78 is 0. The van der Waals surface area contributed by atoms with Gasteiger partial charge in [-0.3, -0.25) is 9.69 Å². The molecule has 98 valence electrons. The number of nitrogens with zero attached hydrogens (tertiary/aromatic N) is 1. The van der Waals surface area contributed by atoms with Crippen molar-refractivity contribution in [3.63, 3.8) is 0 Å². The van der Waals surface area contributed by atoms with Gasteiger partial charge < -0.3 is 10.4 Å². The highest BCUT2D eigenvalue weighted by Crippen LogP contribution is 2.25. The number of carbonyl (C=O) groups excluding carboxylic acids is 1.